The number of rotatable bonds is 5. The highest BCUT2D eigenvalue weighted by atomic mass is 79.9. The Kier molecular flexibility index (Phi) is 7.16. The Morgan fingerprint density at radius 3 is 2.53 bits per heavy atom. The van der Waals surface area contributed by atoms with E-state index in [0.29, 0.717) is 5.11 Å². The van der Waals surface area contributed by atoms with E-state index in [4.69, 9.17) is 28.2 Å². The zero-order valence-electron chi connectivity index (χ0n) is 21.0. The number of anilines is 2. The normalized spacial score (nSPS) is 20.1. The van der Waals surface area contributed by atoms with Gasteiger partial charge in [0.05, 0.1) is 22.4 Å². The van der Waals surface area contributed by atoms with Crippen molar-refractivity contribution >= 4 is 56.2 Å². The Bertz CT molecular complexity index is 1440. The van der Waals surface area contributed by atoms with Crippen molar-refractivity contribution in [3.8, 4) is 11.3 Å². The lowest BCUT2D eigenvalue weighted by molar-refractivity contribution is 0.438. The number of piperidine rings is 1. The van der Waals surface area contributed by atoms with E-state index in [0.717, 1.165) is 62.7 Å². The highest BCUT2D eigenvalue weighted by Gasteiger charge is 2.42. The maximum Gasteiger partial charge on any atom is 0.174 e. The van der Waals surface area contributed by atoms with Gasteiger partial charge in [0, 0.05) is 35.0 Å². The van der Waals surface area contributed by atoms with Crippen molar-refractivity contribution in [1.82, 2.24) is 10.3 Å². The van der Waals surface area contributed by atoms with Gasteiger partial charge in [0.1, 0.15) is 17.6 Å². The van der Waals surface area contributed by atoms with Gasteiger partial charge in [-0.15, -0.1) is 0 Å². The summed E-state index contributed by atoms with van der Waals surface area (Å²) < 4.78 is 7.51. The first kappa shape index (κ1) is 25.4. The number of pyridine rings is 1. The van der Waals surface area contributed by atoms with Gasteiger partial charge in [-0.25, -0.2) is 0 Å². The quantitative estimate of drug-likeness (QED) is 0.231. The molecule has 0 saturated carbocycles. The summed E-state index contributed by atoms with van der Waals surface area (Å²) in [6, 6.07) is 23.9. The van der Waals surface area contributed by atoms with Gasteiger partial charge in [-0.05, 0) is 85.6 Å². The molecule has 2 saturated heterocycles. The molecular formula is C30H28BrClN4OS. The number of nitrogens with one attached hydrogen (secondary N) is 1. The summed E-state index contributed by atoms with van der Waals surface area (Å²) in [6.45, 7) is 4.37. The molecule has 5 nitrogen and oxygen atoms in total. The highest BCUT2D eigenvalue weighted by molar-refractivity contribution is 9.10. The minimum absolute atomic E-state index is 0.186. The molecule has 1 N–H and O–H groups in total. The number of thiocarbonyl (C=S) groups is 1. The van der Waals surface area contributed by atoms with Gasteiger partial charge in [0.2, 0.25) is 0 Å². The fraction of sp³-hybridized carbons (Fsp3) is 0.267. The zero-order chi connectivity index (χ0) is 26.2. The van der Waals surface area contributed by atoms with Crippen LogP contribution >= 0.6 is 39.7 Å². The van der Waals surface area contributed by atoms with Gasteiger partial charge in [0.15, 0.2) is 5.11 Å². The zero-order valence-corrected chi connectivity index (χ0v) is 24.1. The summed E-state index contributed by atoms with van der Waals surface area (Å²) in [5.74, 6) is 2.37. The van der Waals surface area contributed by atoms with E-state index in [9.17, 15) is 0 Å². The second kappa shape index (κ2) is 10.7. The average Bonchev–Trinajstić information content (AvgIpc) is 3.55. The van der Waals surface area contributed by atoms with E-state index in [1.165, 1.54) is 12.8 Å². The molecule has 0 bridgehead atoms. The molecule has 2 aliphatic rings. The molecule has 2 aliphatic heterocycles. The first-order valence-electron chi connectivity index (χ1n) is 12.9. The van der Waals surface area contributed by atoms with Crippen LogP contribution in [0.25, 0.3) is 11.3 Å². The number of hydrogen-bond acceptors (Lipinski definition) is 4. The lowest BCUT2D eigenvalue weighted by Gasteiger charge is -2.33. The predicted molar refractivity (Wildman–Crippen MR) is 162 cm³/mol. The first-order chi connectivity index (χ1) is 18.5. The Morgan fingerprint density at radius 2 is 1.82 bits per heavy atom. The minimum atomic E-state index is -0.237. The monoisotopic (exact) mass is 606 g/mol. The molecule has 0 aliphatic carbocycles. The van der Waals surface area contributed by atoms with Gasteiger partial charge >= 0.3 is 0 Å². The molecule has 38 heavy (non-hydrogen) atoms. The largest absolute Gasteiger partial charge is 0.459 e. The lowest BCUT2D eigenvalue weighted by atomic mass is 9.98. The average molecular weight is 608 g/mol. The molecule has 2 aromatic heterocycles. The molecule has 2 aromatic carbocycles. The molecule has 2 fully saturated rings. The Labute approximate surface area is 241 Å². The van der Waals surface area contributed by atoms with Crippen LogP contribution in [0.4, 0.5) is 11.4 Å². The van der Waals surface area contributed by atoms with Crippen LogP contribution in [0.3, 0.4) is 0 Å². The van der Waals surface area contributed by atoms with Crippen LogP contribution in [0.2, 0.25) is 5.02 Å². The molecule has 2 unspecified atom stereocenters. The molecule has 0 amide bonds. The third-order valence-corrected chi connectivity index (χ3v) is 8.62. The number of benzene rings is 2. The maximum absolute atomic E-state index is 6.90. The molecule has 4 heterocycles. The molecular weight excluding hydrogens is 580 g/mol. The first-order valence-corrected chi connectivity index (χ1v) is 14.5. The summed E-state index contributed by atoms with van der Waals surface area (Å²) in [5.41, 5.74) is 3.91. The van der Waals surface area contributed by atoms with Crippen molar-refractivity contribution in [3.63, 3.8) is 0 Å². The van der Waals surface area contributed by atoms with Gasteiger partial charge < -0.3 is 19.5 Å². The fourth-order valence-electron chi connectivity index (χ4n) is 5.35. The van der Waals surface area contributed by atoms with Crippen LogP contribution in [-0.2, 0) is 0 Å². The molecule has 2 atom stereocenters. The molecule has 194 valence electrons. The van der Waals surface area contributed by atoms with Crippen molar-refractivity contribution in [3.05, 3.63) is 99.9 Å². The number of halogens is 2. The van der Waals surface area contributed by atoms with Crippen molar-refractivity contribution in [2.75, 3.05) is 22.9 Å². The summed E-state index contributed by atoms with van der Waals surface area (Å²) in [4.78, 5) is 9.13. The van der Waals surface area contributed by atoms with Crippen molar-refractivity contribution < 1.29 is 4.42 Å². The second-order valence-corrected chi connectivity index (χ2v) is 11.7. The van der Waals surface area contributed by atoms with Crippen LogP contribution in [0.1, 0.15) is 43.3 Å². The van der Waals surface area contributed by atoms with Crippen molar-refractivity contribution in [2.24, 2.45) is 5.92 Å². The Hall–Kier alpha value is -2.87. The Morgan fingerprint density at radius 1 is 1.03 bits per heavy atom. The van der Waals surface area contributed by atoms with E-state index < -0.39 is 0 Å². The van der Waals surface area contributed by atoms with Crippen LogP contribution in [0, 0.1) is 5.92 Å². The van der Waals surface area contributed by atoms with Crippen LogP contribution in [0.15, 0.2) is 87.9 Å². The van der Waals surface area contributed by atoms with Crippen LogP contribution < -0.4 is 15.1 Å². The molecule has 0 spiro atoms. The van der Waals surface area contributed by atoms with Crippen LogP contribution in [0.5, 0.6) is 0 Å². The lowest BCUT2D eigenvalue weighted by Crippen LogP contribution is -2.33. The number of nitrogens with zero attached hydrogens (tertiary/aromatic N) is 3. The third kappa shape index (κ3) is 4.95. The molecule has 4 aromatic rings. The second-order valence-electron chi connectivity index (χ2n) is 10.0. The molecule has 6 rings (SSSR count). The van der Waals surface area contributed by atoms with Gasteiger partial charge in [-0.3, -0.25) is 4.98 Å². The highest BCUT2D eigenvalue weighted by Crippen LogP contribution is 2.44. The molecule has 8 heteroatoms. The van der Waals surface area contributed by atoms with Crippen LogP contribution in [-0.4, -0.2) is 23.2 Å². The SMILES string of the molecule is CC1CCN(c2ccc(N3C(=S)NC(c4ccccn4)C3c3ccc(-c4ccc(Br)cc4)o3)cc2Cl)CC1. The Balaban J connectivity index is 1.37. The maximum atomic E-state index is 6.90. The fourth-order valence-corrected chi connectivity index (χ4v) is 6.26. The molecule has 0 radical (unpaired) electrons. The minimum Gasteiger partial charge on any atom is -0.459 e. The number of hydrogen-bond donors (Lipinski definition) is 1. The number of aromatic nitrogens is 1. The van der Waals surface area contributed by atoms with Gasteiger partial charge in [-0.1, -0.05) is 52.7 Å². The summed E-state index contributed by atoms with van der Waals surface area (Å²) in [5, 5.41) is 4.85. The van der Waals surface area contributed by atoms with Gasteiger partial charge in [0.25, 0.3) is 0 Å². The van der Waals surface area contributed by atoms with E-state index in [2.05, 4.69) is 55.1 Å². The van der Waals surface area contributed by atoms with E-state index in [1.54, 1.807) is 6.20 Å². The van der Waals surface area contributed by atoms with Gasteiger partial charge in [-0.2, -0.15) is 0 Å². The predicted octanol–water partition coefficient (Wildman–Crippen LogP) is 8.17. The summed E-state index contributed by atoms with van der Waals surface area (Å²) in [7, 11) is 0. The van der Waals surface area contributed by atoms with E-state index >= 15 is 0 Å². The van der Waals surface area contributed by atoms with Crippen molar-refractivity contribution in [1.29, 1.82) is 0 Å². The summed E-state index contributed by atoms with van der Waals surface area (Å²) in [6.07, 6.45) is 4.18. The summed E-state index contributed by atoms with van der Waals surface area (Å²) >= 11 is 16.3. The van der Waals surface area contributed by atoms with Crippen molar-refractivity contribution in [2.45, 2.75) is 31.8 Å². The third-order valence-electron chi connectivity index (χ3n) is 7.48. The number of furan rings is 1. The van der Waals surface area contributed by atoms with E-state index in [-0.39, 0.29) is 12.1 Å². The topological polar surface area (TPSA) is 44.5 Å². The van der Waals surface area contributed by atoms with E-state index in [1.807, 2.05) is 60.7 Å². The smallest absolute Gasteiger partial charge is 0.174 e. The standard InChI is InChI=1S/C30H28BrClN4OS/c1-19-13-16-35(17-14-19)25-10-9-22(18-23(25)32)36-29(28(34-30(36)38)24-4-2-3-15-33-24)27-12-11-26(37-27)20-5-7-21(31)8-6-20/h2-12,15,18-19,28-29H,13-14,16-17H2,1H3,(H,34,38).